The molecule has 0 N–H and O–H groups in total. The van der Waals surface area contributed by atoms with E-state index >= 15 is 0 Å². The lowest BCUT2D eigenvalue weighted by Crippen LogP contribution is -1.79. The van der Waals surface area contributed by atoms with Gasteiger partial charge in [0, 0.05) is 17.3 Å². The van der Waals surface area contributed by atoms with Crippen LogP contribution in [0.25, 0.3) is 17.0 Å². The number of fused-ring (bicyclic) bond motifs is 1. The van der Waals surface area contributed by atoms with E-state index in [2.05, 4.69) is 16.9 Å². The molecule has 4 heteroatoms. The zero-order chi connectivity index (χ0) is 11.1. The highest BCUT2D eigenvalue weighted by Crippen LogP contribution is 2.26. The van der Waals surface area contributed by atoms with Crippen molar-refractivity contribution in [2.45, 2.75) is 13.8 Å². The standard InChI is InChI=1S/C12H11N3S/c1-8-12(13-9(2)16-8)10-7-15-6-4-3-5-11(15)14-10/h3-7H,1-2H3. The third-order valence-corrected chi connectivity index (χ3v) is 3.40. The van der Waals surface area contributed by atoms with Gasteiger partial charge in [-0.3, -0.25) is 0 Å². The van der Waals surface area contributed by atoms with Gasteiger partial charge >= 0.3 is 0 Å². The fourth-order valence-corrected chi connectivity index (χ4v) is 2.64. The smallest absolute Gasteiger partial charge is 0.137 e. The molecule has 3 heterocycles. The number of hydrogen-bond acceptors (Lipinski definition) is 3. The van der Waals surface area contributed by atoms with Crippen molar-refractivity contribution >= 4 is 17.0 Å². The van der Waals surface area contributed by atoms with Crippen LogP contribution in [0.5, 0.6) is 0 Å². The Hall–Kier alpha value is -1.68. The number of aromatic nitrogens is 3. The van der Waals surface area contributed by atoms with Gasteiger partial charge in [0.2, 0.25) is 0 Å². The summed E-state index contributed by atoms with van der Waals surface area (Å²) in [6.07, 6.45) is 4.03. The largest absolute Gasteiger partial charge is 0.306 e. The summed E-state index contributed by atoms with van der Waals surface area (Å²) in [5.74, 6) is 0. The monoisotopic (exact) mass is 229 g/mol. The molecule has 0 aromatic carbocycles. The first-order valence-corrected chi connectivity index (χ1v) is 5.94. The fraction of sp³-hybridized carbons (Fsp3) is 0.167. The predicted octanol–water partition coefficient (Wildman–Crippen LogP) is 3.07. The summed E-state index contributed by atoms with van der Waals surface area (Å²) < 4.78 is 2.02. The molecule has 0 atom stereocenters. The molecule has 3 rings (SSSR count). The van der Waals surface area contributed by atoms with Crippen molar-refractivity contribution < 1.29 is 0 Å². The zero-order valence-electron chi connectivity index (χ0n) is 9.14. The van der Waals surface area contributed by atoms with E-state index in [1.54, 1.807) is 11.3 Å². The number of aryl methyl sites for hydroxylation is 2. The zero-order valence-corrected chi connectivity index (χ0v) is 9.95. The summed E-state index contributed by atoms with van der Waals surface area (Å²) in [7, 11) is 0. The van der Waals surface area contributed by atoms with Crippen LogP contribution in [-0.2, 0) is 0 Å². The van der Waals surface area contributed by atoms with E-state index in [0.717, 1.165) is 22.0 Å². The quantitative estimate of drug-likeness (QED) is 0.642. The second-order valence-corrected chi connectivity index (χ2v) is 5.14. The van der Waals surface area contributed by atoms with Gasteiger partial charge in [-0.25, -0.2) is 9.97 Å². The molecule has 0 saturated carbocycles. The van der Waals surface area contributed by atoms with Crippen molar-refractivity contribution in [3.63, 3.8) is 0 Å². The molecule has 0 amide bonds. The summed E-state index contributed by atoms with van der Waals surface area (Å²) in [6, 6.07) is 5.99. The first-order valence-electron chi connectivity index (χ1n) is 5.12. The SMILES string of the molecule is Cc1nc(-c2cn3ccccc3n2)c(C)s1. The first kappa shape index (κ1) is 9.54. The van der Waals surface area contributed by atoms with Crippen LogP contribution in [0.3, 0.4) is 0 Å². The van der Waals surface area contributed by atoms with Crippen LogP contribution in [0.2, 0.25) is 0 Å². The van der Waals surface area contributed by atoms with Gasteiger partial charge in [-0.1, -0.05) is 6.07 Å². The van der Waals surface area contributed by atoms with Gasteiger partial charge in [0.15, 0.2) is 0 Å². The molecular weight excluding hydrogens is 218 g/mol. The Balaban J connectivity index is 2.22. The molecule has 0 aliphatic heterocycles. The summed E-state index contributed by atoms with van der Waals surface area (Å²) in [5, 5.41) is 1.09. The van der Waals surface area contributed by atoms with Gasteiger partial charge in [-0.05, 0) is 26.0 Å². The maximum absolute atomic E-state index is 4.56. The number of nitrogens with zero attached hydrogens (tertiary/aromatic N) is 3. The summed E-state index contributed by atoms with van der Waals surface area (Å²) >= 11 is 1.71. The molecule has 3 aromatic rings. The highest BCUT2D eigenvalue weighted by atomic mass is 32.1. The minimum absolute atomic E-state index is 0.952. The lowest BCUT2D eigenvalue weighted by molar-refractivity contribution is 1.19. The first-order chi connectivity index (χ1) is 7.74. The Kier molecular flexibility index (Phi) is 2.04. The molecule has 3 aromatic heterocycles. The van der Waals surface area contributed by atoms with Crippen LogP contribution in [0.1, 0.15) is 9.88 Å². The number of hydrogen-bond donors (Lipinski definition) is 0. The lowest BCUT2D eigenvalue weighted by atomic mass is 10.3. The van der Waals surface area contributed by atoms with Crippen LogP contribution < -0.4 is 0 Å². The van der Waals surface area contributed by atoms with Gasteiger partial charge in [0.05, 0.1) is 5.01 Å². The van der Waals surface area contributed by atoms with Crippen LogP contribution in [-0.4, -0.2) is 14.4 Å². The summed E-state index contributed by atoms with van der Waals surface area (Å²) in [5.41, 5.74) is 2.92. The van der Waals surface area contributed by atoms with Gasteiger partial charge in [-0.2, -0.15) is 0 Å². The third kappa shape index (κ3) is 1.42. The Morgan fingerprint density at radius 1 is 1.19 bits per heavy atom. The predicted molar refractivity (Wildman–Crippen MR) is 65.8 cm³/mol. The molecular formula is C12H11N3S. The Morgan fingerprint density at radius 2 is 2.06 bits per heavy atom. The van der Waals surface area contributed by atoms with Gasteiger partial charge in [0.25, 0.3) is 0 Å². The fourth-order valence-electron chi connectivity index (χ4n) is 1.82. The number of pyridine rings is 1. The van der Waals surface area contributed by atoms with Crippen LogP contribution in [0, 0.1) is 13.8 Å². The molecule has 0 bridgehead atoms. The molecule has 0 fully saturated rings. The van der Waals surface area contributed by atoms with Crippen molar-refractivity contribution in [3.05, 3.63) is 40.5 Å². The Labute approximate surface area is 97.4 Å². The van der Waals surface area contributed by atoms with Crippen molar-refractivity contribution in [2.24, 2.45) is 0 Å². The second-order valence-electron chi connectivity index (χ2n) is 3.73. The van der Waals surface area contributed by atoms with Gasteiger partial charge in [-0.15, -0.1) is 11.3 Å². The molecule has 0 radical (unpaired) electrons. The minimum Gasteiger partial charge on any atom is -0.306 e. The third-order valence-electron chi connectivity index (χ3n) is 2.51. The van der Waals surface area contributed by atoms with Crippen molar-refractivity contribution in [1.82, 2.24) is 14.4 Å². The number of rotatable bonds is 1. The Bertz CT molecular complexity index is 618. The van der Waals surface area contributed by atoms with E-state index in [-0.39, 0.29) is 0 Å². The van der Waals surface area contributed by atoms with Crippen LogP contribution in [0.15, 0.2) is 30.6 Å². The molecule has 80 valence electrons. The molecule has 3 nitrogen and oxygen atoms in total. The molecule has 16 heavy (non-hydrogen) atoms. The molecule has 0 aliphatic carbocycles. The topological polar surface area (TPSA) is 30.2 Å². The lowest BCUT2D eigenvalue weighted by Gasteiger charge is -1.89. The van der Waals surface area contributed by atoms with E-state index < -0.39 is 0 Å². The normalized spacial score (nSPS) is 11.1. The highest BCUT2D eigenvalue weighted by molar-refractivity contribution is 7.11. The van der Waals surface area contributed by atoms with Crippen LogP contribution >= 0.6 is 11.3 Å². The second kappa shape index (κ2) is 3.42. The number of imidazole rings is 1. The average molecular weight is 229 g/mol. The van der Waals surface area contributed by atoms with Crippen molar-refractivity contribution in [3.8, 4) is 11.4 Å². The molecule has 0 spiro atoms. The average Bonchev–Trinajstić information content (AvgIpc) is 2.81. The summed E-state index contributed by atoms with van der Waals surface area (Å²) in [6.45, 7) is 4.11. The van der Waals surface area contributed by atoms with E-state index in [0.29, 0.717) is 0 Å². The molecule has 0 aliphatic rings. The van der Waals surface area contributed by atoms with Crippen LogP contribution in [0.4, 0.5) is 0 Å². The van der Waals surface area contributed by atoms with E-state index in [9.17, 15) is 0 Å². The van der Waals surface area contributed by atoms with Gasteiger partial charge < -0.3 is 4.40 Å². The Morgan fingerprint density at radius 3 is 2.75 bits per heavy atom. The van der Waals surface area contributed by atoms with Crippen molar-refractivity contribution in [1.29, 1.82) is 0 Å². The van der Waals surface area contributed by atoms with E-state index in [1.807, 2.05) is 41.9 Å². The maximum Gasteiger partial charge on any atom is 0.137 e. The molecule has 0 unspecified atom stereocenters. The summed E-state index contributed by atoms with van der Waals surface area (Å²) in [4.78, 5) is 10.3. The minimum atomic E-state index is 0.952. The van der Waals surface area contributed by atoms with Gasteiger partial charge in [0.1, 0.15) is 17.0 Å². The van der Waals surface area contributed by atoms with E-state index in [4.69, 9.17) is 0 Å². The van der Waals surface area contributed by atoms with Crippen molar-refractivity contribution in [2.75, 3.05) is 0 Å². The van der Waals surface area contributed by atoms with E-state index in [1.165, 1.54) is 4.88 Å². The number of thiazole rings is 1. The maximum atomic E-state index is 4.56. The highest BCUT2D eigenvalue weighted by Gasteiger charge is 2.10. The molecule has 0 saturated heterocycles.